The molecule has 32 heavy (non-hydrogen) atoms. The van der Waals surface area contributed by atoms with Crippen molar-refractivity contribution in [2.45, 2.75) is 9.79 Å². The summed E-state index contributed by atoms with van der Waals surface area (Å²) in [6, 6.07) is 13.1. The normalized spacial score (nSPS) is 10.9. The van der Waals surface area contributed by atoms with Crippen molar-refractivity contribution in [2.75, 3.05) is 25.3 Å². The van der Waals surface area contributed by atoms with E-state index in [4.69, 9.17) is 15.2 Å². The number of hydrogen-bond acceptors (Lipinski definition) is 8. The molecule has 0 spiro atoms. The van der Waals surface area contributed by atoms with Gasteiger partial charge in [-0.3, -0.25) is 14.9 Å². The summed E-state index contributed by atoms with van der Waals surface area (Å²) in [5.74, 6) is 0.0673. The number of nitrogens with one attached hydrogen (secondary N) is 1. The lowest BCUT2D eigenvalue weighted by atomic mass is 10.1. The number of carbonyl (C=O) groups is 1. The van der Waals surface area contributed by atoms with Gasteiger partial charge in [0.05, 0.1) is 34.5 Å². The molecule has 0 fully saturated rings. The van der Waals surface area contributed by atoms with Crippen LogP contribution in [-0.4, -0.2) is 33.5 Å². The Labute approximate surface area is 183 Å². The van der Waals surface area contributed by atoms with E-state index in [0.29, 0.717) is 17.2 Å². The van der Waals surface area contributed by atoms with Gasteiger partial charge < -0.3 is 20.5 Å². The molecule has 0 radical (unpaired) electrons. The van der Waals surface area contributed by atoms with Crippen LogP contribution in [0.4, 0.5) is 17.1 Å². The van der Waals surface area contributed by atoms with Gasteiger partial charge in [-0.25, -0.2) is 8.42 Å². The zero-order valence-electron chi connectivity index (χ0n) is 17.1. The summed E-state index contributed by atoms with van der Waals surface area (Å²) in [5.41, 5.74) is 5.69. The first-order chi connectivity index (χ1) is 15.2. The molecule has 1 amide bonds. The van der Waals surface area contributed by atoms with Crippen LogP contribution in [0.15, 0.2) is 70.5 Å². The summed E-state index contributed by atoms with van der Waals surface area (Å²) in [6.07, 6.45) is 0. The van der Waals surface area contributed by atoms with E-state index in [9.17, 15) is 23.3 Å². The second-order valence-electron chi connectivity index (χ2n) is 6.53. The third-order valence-electron chi connectivity index (χ3n) is 4.54. The van der Waals surface area contributed by atoms with Crippen molar-refractivity contribution < 1.29 is 27.6 Å². The number of sulfone groups is 1. The zero-order valence-corrected chi connectivity index (χ0v) is 17.9. The number of ether oxygens (including phenoxy) is 2. The number of carbonyl (C=O) groups excluding carboxylic acids is 1. The van der Waals surface area contributed by atoms with Crippen molar-refractivity contribution in [1.82, 2.24) is 0 Å². The third-order valence-corrected chi connectivity index (χ3v) is 6.35. The van der Waals surface area contributed by atoms with Crippen LogP contribution in [-0.2, 0) is 9.84 Å². The molecule has 0 saturated carbocycles. The molecule has 10 nitrogen and oxygen atoms in total. The fraction of sp³-hybridized carbons (Fsp3) is 0.0952. The highest BCUT2D eigenvalue weighted by Crippen LogP contribution is 2.31. The van der Waals surface area contributed by atoms with Crippen molar-refractivity contribution in [2.24, 2.45) is 0 Å². The fourth-order valence-electron chi connectivity index (χ4n) is 2.96. The van der Waals surface area contributed by atoms with Crippen molar-refractivity contribution >= 4 is 32.8 Å². The molecule has 0 bridgehead atoms. The zero-order chi connectivity index (χ0) is 23.5. The van der Waals surface area contributed by atoms with Gasteiger partial charge >= 0.3 is 0 Å². The van der Waals surface area contributed by atoms with Gasteiger partial charge in [0.2, 0.25) is 9.84 Å². The minimum absolute atomic E-state index is 0.0552. The molecule has 0 unspecified atom stereocenters. The van der Waals surface area contributed by atoms with Gasteiger partial charge in [-0.2, -0.15) is 0 Å². The van der Waals surface area contributed by atoms with Crippen LogP contribution in [0.5, 0.6) is 11.5 Å². The maximum absolute atomic E-state index is 13.2. The van der Waals surface area contributed by atoms with Crippen molar-refractivity contribution in [1.29, 1.82) is 0 Å². The largest absolute Gasteiger partial charge is 0.497 e. The molecule has 166 valence electrons. The molecule has 3 aromatic rings. The van der Waals surface area contributed by atoms with Gasteiger partial charge in [0.1, 0.15) is 11.5 Å². The lowest BCUT2D eigenvalue weighted by molar-refractivity contribution is -0.384. The molecule has 3 rings (SSSR count). The average molecular weight is 457 g/mol. The number of amides is 1. The Morgan fingerprint density at radius 2 is 1.59 bits per heavy atom. The summed E-state index contributed by atoms with van der Waals surface area (Å²) in [4.78, 5) is 22.7. The van der Waals surface area contributed by atoms with Gasteiger partial charge in [-0.15, -0.1) is 0 Å². The highest BCUT2D eigenvalue weighted by atomic mass is 32.2. The van der Waals surface area contributed by atoms with Crippen LogP contribution in [0.3, 0.4) is 0 Å². The summed E-state index contributed by atoms with van der Waals surface area (Å²) >= 11 is 0. The number of non-ortho nitro benzene ring substituents is 1. The van der Waals surface area contributed by atoms with Gasteiger partial charge in [0.15, 0.2) is 0 Å². The number of nitrogens with two attached hydrogens (primary N) is 1. The molecule has 0 aliphatic heterocycles. The first-order valence-electron chi connectivity index (χ1n) is 9.10. The van der Waals surface area contributed by atoms with Crippen molar-refractivity contribution in [3.63, 3.8) is 0 Å². The smallest absolute Gasteiger partial charge is 0.269 e. The maximum atomic E-state index is 13.2. The van der Waals surface area contributed by atoms with Gasteiger partial charge in [0, 0.05) is 41.7 Å². The highest BCUT2D eigenvalue weighted by Gasteiger charge is 2.27. The minimum Gasteiger partial charge on any atom is -0.497 e. The average Bonchev–Trinajstić information content (AvgIpc) is 2.78. The van der Waals surface area contributed by atoms with Crippen LogP contribution in [0, 0.1) is 10.1 Å². The number of rotatable bonds is 7. The summed E-state index contributed by atoms with van der Waals surface area (Å²) < 4.78 is 36.7. The topological polar surface area (TPSA) is 151 Å². The molecule has 0 atom stereocenters. The van der Waals surface area contributed by atoms with Gasteiger partial charge in [0.25, 0.3) is 11.6 Å². The number of nitro groups is 1. The second kappa shape index (κ2) is 8.94. The molecule has 3 N–H and O–H groups in total. The Balaban J connectivity index is 2.04. The van der Waals surface area contributed by atoms with Crippen LogP contribution in [0.25, 0.3) is 0 Å². The van der Waals surface area contributed by atoms with Crippen molar-refractivity contribution in [3.05, 3.63) is 76.3 Å². The third kappa shape index (κ3) is 4.47. The first kappa shape index (κ1) is 22.6. The molecular formula is C21H19N3O7S. The fourth-order valence-corrected chi connectivity index (χ4v) is 4.45. The molecular weight excluding hydrogens is 438 g/mol. The SMILES string of the molecule is COc1cc(NC(=O)c2c(N)cccc2S(=O)(=O)c2ccc([N+](=O)[O-])cc2)cc(OC)c1. The van der Waals surface area contributed by atoms with E-state index in [1.165, 1.54) is 44.6 Å². The lowest BCUT2D eigenvalue weighted by Gasteiger charge is -2.14. The standard InChI is InChI=1S/C21H19N3O7S/c1-30-15-10-13(11-16(12-15)31-2)23-21(25)20-18(22)4-3-5-19(20)32(28,29)17-8-6-14(7-9-17)24(26)27/h3-12H,22H2,1-2H3,(H,23,25). The number of hydrogen-bond donors (Lipinski definition) is 2. The van der Waals surface area contributed by atoms with Crippen LogP contribution >= 0.6 is 0 Å². The van der Waals surface area contributed by atoms with E-state index in [2.05, 4.69) is 5.32 Å². The number of nitrogens with zero attached hydrogens (tertiary/aromatic N) is 1. The van der Waals surface area contributed by atoms with E-state index in [1.54, 1.807) is 6.07 Å². The molecule has 11 heteroatoms. The van der Waals surface area contributed by atoms with E-state index in [0.717, 1.165) is 24.3 Å². The van der Waals surface area contributed by atoms with E-state index < -0.39 is 20.7 Å². The number of nitrogen functional groups attached to an aromatic ring is 1. The second-order valence-corrected chi connectivity index (χ2v) is 8.45. The highest BCUT2D eigenvalue weighted by molar-refractivity contribution is 7.91. The Kier molecular flexibility index (Phi) is 6.30. The van der Waals surface area contributed by atoms with Crippen LogP contribution in [0.2, 0.25) is 0 Å². The molecule has 0 saturated heterocycles. The molecule has 0 aliphatic rings. The molecule has 0 heterocycles. The minimum atomic E-state index is -4.21. The van der Waals surface area contributed by atoms with E-state index >= 15 is 0 Å². The Bertz CT molecular complexity index is 1270. The monoisotopic (exact) mass is 457 g/mol. The Hall–Kier alpha value is -4.12. The van der Waals surface area contributed by atoms with Gasteiger partial charge in [-0.05, 0) is 24.3 Å². The predicted octanol–water partition coefficient (Wildman–Crippen LogP) is 3.28. The number of nitro benzene ring substituents is 1. The van der Waals surface area contributed by atoms with E-state index in [1.807, 2.05) is 0 Å². The maximum Gasteiger partial charge on any atom is 0.269 e. The first-order valence-corrected chi connectivity index (χ1v) is 10.6. The van der Waals surface area contributed by atoms with Crippen LogP contribution in [0.1, 0.15) is 10.4 Å². The summed E-state index contributed by atoms with van der Waals surface area (Å²) in [7, 11) is -1.31. The predicted molar refractivity (Wildman–Crippen MR) is 117 cm³/mol. The lowest BCUT2D eigenvalue weighted by Crippen LogP contribution is -2.19. The molecule has 0 aliphatic carbocycles. The van der Waals surface area contributed by atoms with E-state index in [-0.39, 0.29) is 26.7 Å². The van der Waals surface area contributed by atoms with Crippen LogP contribution < -0.4 is 20.5 Å². The Morgan fingerprint density at radius 1 is 1.00 bits per heavy atom. The number of methoxy groups -OCH3 is 2. The van der Waals surface area contributed by atoms with Gasteiger partial charge in [-0.1, -0.05) is 6.07 Å². The molecule has 0 aromatic heterocycles. The van der Waals surface area contributed by atoms with Crippen molar-refractivity contribution in [3.8, 4) is 11.5 Å². The number of benzene rings is 3. The molecule has 3 aromatic carbocycles. The Morgan fingerprint density at radius 3 is 2.12 bits per heavy atom. The summed E-state index contributed by atoms with van der Waals surface area (Å²) in [5, 5.41) is 13.5. The quantitative estimate of drug-likeness (QED) is 0.312. The summed E-state index contributed by atoms with van der Waals surface area (Å²) in [6.45, 7) is 0. The number of anilines is 2.